The first-order valence-corrected chi connectivity index (χ1v) is 7.13. The summed E-state index contributed by atoms with van der Waals surface area (Å²) in [5, 5.41) is 5.58. The lowest BCUT2D eigenvalue weighted by atomic mass is 9.84. The van der Waals surface area contributed by atoms with Crippen molar-refractivity contribution >= 4 is 22.9 Å². The topological polar surface area (TPSA) is 84.2 Å². The number of rotatable bonds is 3. The van der Waals surface area contributed by atoms with Crippen molar-refractivity contribution in [1.82, 2.24) is 10.6 Å². The van der Waals surface area contributed by atoms with Gasteiger partial charge in [0.1, 0.15) is 6.04 Å². The number of carbonyl (C=O) groups excluding carboxylic acids is 2. The summed E-state index contributed by atoms with van der Waals surface area (Å²) < 4.78 is 0. The molecule has 1 saturated carbocycles. The van der Waals surface area contributed by atoms with Crippen molar-refractivity contribution in [2.24, 2.45) is 11.7 Å². The van der Waals surface area contributed by atoms with Crippen LogP contribution < -0.4 is 16.4 Å². The molecule has 1 aliphatic carbocycles. The van der Waals surface area contributed by atoms with E-state index in [0.717, 1.165) is 19.3 Å². The summed E-state index contributed by atoms with van der Waals surface area (Å²) >= 11 is 1.17. The third-order valence-corrected chi connectivity index (χ3v) is 4.41. The summed E-state index contributed by atoms with van der Waals surface area (Å²) in [5.74, 6) is 0.858. The molecule has 2 amide bonds. The van der Waals surface area contributed by atoms with Crippen LogP contribution in [0.4, 0.5) is 4.79 Å². The van der Waals surface area contributed by atoms with E-state index < -0.39 is 0 Å². The Morgan fingerprint density at radius 1 is 1.47 bits per heavy atom. The van der Waals surface area contributed by atoms with Crippen molar-refractivity contribution < 1.29 is 9.59 Å². The van der Waals surface area contributed by atoms with E-state index in [0.29, 0.717) is 18.2 Å². The molecule has 5 nitrogen and oxygen atoms in total. The highest BCUT2D eigenvalue weighted by atomic mass is 32.2. The molecule has 0 bridgehead atoms. The second kappa shape index (κ2) is 5.73. The van der Waals surface area contributed by atoms with E-state index >= 15 is 0 Å². The van der Waals surface area contributed by atoms with Crippen LogP contribution in [0.1, 0.15) is 25.7 Å². The summed E-state index contributed by atoms with van der Waals surface area (Å²) in [6.45, 7) is 0.622. The second-order valence-electron chi connectivity index (χ2n) is 4.69. The lowest BCUT2D eigenvalue weighted by Crippen LogP contribution is -2.51. The molecule has 0 aromatic carbocycles. The highest BCUT2D eigenvalue weighted by Gasteiger charge is 2.31. The van der Waals surface area contributed by atoms with Crippen LogP contribution >= 0.6 is 11.8 Å². The van der Waals surface area contributed by atoms with Crippen molar-refractivity contribution in [2.45, 2.75) is 37.8 Å². The molecule has 0 radical (unpaired) electrons. The van der Waals surface area contributed by atoms with Crippen LogP contribution in [0.25, 0.3) is 0 Å². The maximum atomic E-state index is 11.9. The van der Waals surface area contributed by atoms with Gasteiger partial charge in [-0.3, -0.25) is 9.59 Å². The summed E-state index contributed by atoms with van der Waals surface area (Å²) in [5.41, 5.74) is 5.72. The van der Waals surface area contributed by atoms with Crippen molar-refractivity contribution in [3.63, 3.8) is 0 Å². The molecule has 17 heavy (non-hydrogen) atoms. The van der Waals surface area contributed by atoms with Gasteiger partial charge in [0.2, 0.25) is 5.91 Å². The Morgan fingerprint density at radius 2 is 2.24 bits per heavy atom. The van der Waals surface area contributed by atoms with Gasteiger partial charge in [0.05, 0.1) is 0 Å². The lowest BCUT2D eigenvalue weighted by molar-refractivity contribution is -0.123. The Hall–Kier alpha value is -0.750. The predicted octanol–water partition coefficient (Wildman–Crippen LogP) is 0.445. The van der Waals surface area contributed by atoms with E-state index in [2.05, 4.69) is 10.6 Å². The third-order valence-electron chi connectivity index (χ3n) is 3.53. The highest BCUT2D eigenvalue weighted by molar-refractivity contribution is 8.14. The smallest absolute Gasteiger partial charge is 0.279 e. The fourth-order valence-electron chi connectivity index (χ4n) is 2.49. The number of nitrogens with one attached hydrogen (secondary N) is 2. The fraction of sp³-hybridized carbons (Fsp3) is 0.818. The van der Waals surface area contributed by atoms with Gasteiger partial charge in [-0.2, -0.15) is 0 Å². The normalized spacial score (nSPS) is 33.2. The molecule has 4 N–H and O–H groups in total. The van der Waals surface area contributed by atoms with Crippen LogP contribution in [0.15, 0.2) is 0 Å². The summed E-state index contributed by atoms with van der Waals surface area (Å²) in [7, 11) is 0. The first kappa shape index (κ1) is 12.7. The third kappa shape index (κ3) is 3.13. The monoisotopic (exact) mass is 257 g/mol. The number of carbonyl (C=O) groups is 2. The lowest BCUT2D eigenvalue weighted by Gasteiger charge is -2.31. The minimum absolute atomic E-state index is 0.0614. The van der Waals surface area contributed by atoms with Crippen LogP contribution in [-0.2, 0) is 4.79 Å². The van der Waals surface area contributed by atoms with Gasteiger partial charge >= 0.3 is 0 Å². The number of thioether (sulfide) groups is 1. The van der Waals surface area contributed by atoms with Gasteiger partial charge in [-0.05, 0) is 25.3 Å². The molecule has 0 aromatic rings. The average Bonchev–Trinajstić information content (AvgIpc) is 2.77. The van der Waals surface area contributed by atoms with E-state index in [1.54, 1.807) is 0 Å². The van der Waals surface area contributed by atoms with Crippen LogP contribution in [0.2, 0.25) is 0 Å². The molecule has 96 valence electrons. The molecule has 2 aliphatic rings. The fourth-order valence-corrected chi connectivity index (χ4v) is 3.27. The van der Waals surface area contributed by atoms with Crippen LogP contribution in [0.3, 0.4) is 0 Å². The van der Waals surface area contributed by atoms with Gasteiger partial charge in [-0.25, -0.2) is 0 Å². The highest BCUT2D eigenvalue weighted by Crippen LogP contribution is 2.24. The van der Waals surface area contributed by atoms with Gasteiger partial charge in [-0.1, -0.05) is 24.6 Å². The van der Waals surface area contributed by atoms with Crippen LogP contribution in [0.5, 0.6) is 0 Å². The molecular weight excluding hydrogens is 238 g/mol. The van der Waals surface area contributed by atoms with E-state index in [9.17, 15) is 9.59 Å². The van der Waals surface area contributed by atoms with Crippen molar-refractivity contribution in [2.75, 3.05) is 12.3 Å². The van der Waals surface area contributed by atoms with Crippen molar-refractivity contribution in [3.05, 3.63) is 0 Å². The Balaban J connectivity index is 1.86. The molecule has 0 spiro atoms. The molecule has 3 atom stereocenters. The molecular formula is C11H19N3O2S. The Morgan fingerprint density at radius 3 is 2.88 bits per heavy atom. The van der Waals surface area contributed by atoms with Crippen molar-refractivity contribution in [1.29, 1.82) is 0 Å². The van der Waals surface area contributed by atoms with E-state index in [1.807, 2.05) is 0 Å². The van der Waals surface area contributed by atoms with Crippen LogP contribution in [-0.4, -0.2) is 35.5 Å². The van der Waals surface area contributed by atoms with Gasteiger partial charge < -0.3 is 16.4 Å². The van der Waals surface area contributed by atoms with Gasteiger partial charge in [0.15, 0.2) is 0 Å². The standard InChI is InChI=1S/C11H19N3O2S/c12-5-7-3-1-2-4-8(7)13-10(15)9-6-17-11(16)14-9/h7-9H,1-6,12H2,(H,13,15)(H,14,16). The second-order valence-corrected chi connectivity index (χ2v) is 5.68. The zero-order valence-corrected chi connectivity index (χ0v) is 10.6. The molecule has 0 aromatic heterocycles. The minimum Gasteiger partial charge on any atom is -0.351 e. The molecule has 1 saturated heterocycles. The zero-order chi connectivity index (χ0) is 12.3. The quantitative estimate of drug-likeness (QED) is 0.685. The van der Waals surface area contributed by atoms with E-state index in [1.165, 1.54) is 18.2 Å². The molecule has 1 heterocycles. The molecule has 6 heteroatoms. The summed E-state index contributed by atoms with van der Waals surface area (Å²) in [6.07, 6.45) is 4.44. The number of nitrogens with two attached hydrogens (primary N) is 1. The Labute approximate surface area is 105 Å². The Bertz CT molecular complexity index is 311. The number of amides is 2. The maximum Gasteiger partial charge on any atom is 0.279 e. The molecule has 2 fully saturated rings. The predicted molar refractivity (Wildman–Crippen MR) is 67.7 cm³/mol. The molecule has 2 rings (SSSR count). The van der Waals surface area contributed by atoms with Gasteiger partial charge in [-0.15, -0.1) is 0 Å². The van der Waals surface area contributed by atoms with Crippen molar-refractivity contribution in [3.8, 4) is 0 Å². The molecule has 3 unspecified atom stereocenters. The van der Waals surface area contributed by atoms with Gasteiger partial charge in [0.25, 0.3) is 5.24 Å². The minimum atomic E-state index is -0.368. The average molecular weight is 257 g/mol. The number of hydrogen-bond acceptors (Lipinski definition) is 4. The number of hydrogen-bond donors (Lipinski definition) is 3. The maximum absolute atomic E-state index is 11.9. The van der Waals surface area contributed by atoms with Gasteiger partial charge in [0, 0.05) is 11.8 Å². The first-order chi connectivity index (χ1) is 8.20. The summed E-state index contributed by atoms with van der Waals surface area (Å²) in [6, 6.07) is -0.184. The Kier molecular flexibility index (Phi) is 4.28. The largest absolute Gasteiger partial charge is 0.351 e. The molecule has 1 aliphatic heterocycles. The SMILES string of the molecule is NCC1CCCCC1NC(=O)C1CSC(=O)N1. The first-order valence-electron chi connectivity index (χ1n) is 6.14. The van der Waals surface area contributed by atoms with Crippen LogP contribution in [0, 0.1) is 5.92 Å². The van der Waals surface area contributed by atoms with E-state index in [4.69, 9.17) is 5.73 Å². The zero-order valence-electron chi connectivity index (χ0n) is 9.78. The van der Waals surface area contributed by atoms with E-state index in [-0.39, 0.29) is 23.2 Å². The summed E-state index contributed by atoms with van der Waals surface area (Å²) in [4.78, 5) is 23.0.